The van der Waals surface area contributed by atoms with E-state index in [-0.39, 0.29) is 12.4 Å². The van der Waals surface area contributed by atoms with Crippen molar-refractivity contribution >= 4 is 7.82 Å². The number of hydrogen-bond acceptors (Lipinski definition) is 9. The molecule has 0 aliphatic carbocycles. The number of phosphoric acid groups is 1. The number of aromatic nitrogens is 3. The fourth-order valence-electron chi connectivity index (χ4n) is 3.39. The second-order valence-corrected chi connectivity index (χ2v) is 8.49. The largest absolute Gasteiger partial charge is 0.469 e. The fraction of sp³-hybridized carbons (Fsp3) is 0.316. The molecule has 4 rings (SSSR count). The summed E-state index contributed by atoms with van der Waals surface area (Å²) in [6.45, 7) is -1.03. The molecule has 1 aliphatic rings. The van der Waals surface area contributed by atoms with Gasteiger partial charge >= 0.3 is 13.5 Å². The van der Waals surface area contributed by atoms with Crippen molar-refractivity contribution in [2.75, 3.05) is 6.61 Å². The summed E-state index contributed by atoms with van der Waals surface area (Å²) in [6, 6.07) is 10.1. The lowest BCUT2D eigenvalue weighted by Gasteiger charge is -2.18. The quantitative estimate of drug-likeness (QED) is 0.317. The molecule has 3 heterocycles. The summed E-state index contributed by atoms with van der Waals surface area (Å²) in [5.41, 5.74) is -0.783. The van der Waals surface area contributed by atoms with Crippen LogP contribution in [0.5, 0.6) is 0 Å². The van der Waals surface area contributed by atoms with Gasteiger partial charge in [0.05, 0.1) is 12.8 Å². The van der Waals surface area contributed by atoms with Gasteiger partial charge in [-0.25, -0.2) is 14.3 Å². The SMILES string of the molecule is O=c1ccn([C@@H]2O[C@H](COP(=O)(O)O)[C@H](O)C2O)c(=O)n1Cc1ncc(-c2ccccc2)o1. The van der Waals surface area contributed by atoms with Crippen LogP contribution in [0.15, 0.2) is 62.8 Å². The molecule has 176 valence electrons. The van der Waals surface area contributed by atoms with Crippen molar-refractivity contribution in [3.05, 3.63) is 75.5 Å². The summed E-state index contributed by atoms with van der Waals surface area (Å²) in [6.07, 6.45) is -3.46. The summed E-state index contributed by atoms with van der Waals surface area (Å²) in [7, 11) is -4.84. The van der Waals surface area contributed by atoms with E-state index in [1.54, 1.807) is 0 Å². The van der Waals surface area contributed by atoms with E-state index in [0.29, 0.717) is 5.76 Å². The zero-order valence-corrected chi connectivity index (χ0v) is 17.8. The summed E-state index contributed by atoms with van der Waals surface area (Å²) in [5.74, 6) is 0.534. The van der Waals surface area contributed by atoms with Gasteiger partial charge in [-0.2, -0.15) is 0 Å². The first kappa shape index (κ1) is 23.3. The maximum atomic E-state index is 13.0. The van der Waals surface area contributed by atoms with Gasteiger partial charge in [-0.05, 0) is 0 Å². The minimum Gasteiger partial charge on any atom is -0.439 e. The normalized spacial score (nSPS) is 23.2. The van der Waals surface area contributed by atoms with Crippen molar-refractivity contribution in [1.82, 2.24) is 14.1 Å². The number of ether oxygens (including phenoxy) is 1. The molecular formula is C19H20N3O10P. The molecule has 33 heavy (non-hydrogen) atoms. The zero-order chi connectivity index (χ0) is 23.8. The van der Waals surface area contributed by atoms with E-state index in [9.17, 15) is 24.4 Å². The molecule has 2 aromatic heterocycles. The van der Waals surface area contributed by atoms with Crippen LogP contribution < -0.4 is 11.2 Å². The van der Waals surface area contributed by atoms with Crippen LogP contribution in [-0.2, 0) is 20.4 Å². The lowest BCUT2D eigenvalue weighted by molar-refractivity contribution is -0.0548. The van der Waals surface area contributed by atoms with Crippen LogP contribution in [0.3, 0.4) is 0 Å². The lowest BCUT2D eigenvalue weighted by Crippen LogP contribution is -2.43. The Balaban J connectivity index is 1.58. The molecule has 13 nitrogen and oxygen atoms in total. The molecule has 1 unspecified atom stereocenters. The number of oxazole rings is 1. The van der Waals surface area contributed by atoms with Gasteiger partial charge < -0.3 is 29.2 Å². The van der Waals surface area contributed by atoms with Gasteiger partial charge in [0, 0.05) is 17.8 Å². The summed E-state index contributed by atoms with van der Waals surface area (Å²) in [5, 5.41) is 20.4. The Kier molecular flexibility index (Phi) is 6.45. The lowest BCUT2D eigenvalue weighted by atomic mass is 10.1. The predicted octanol–water partition coefficient (Wildman–Crippen LogP) is -0.558. The highest BCUT2D eigenvalue weighted by molar-refractivity contribution is 7.46. The molecule has 0 amide bonds. The number of hydrogen-bond donors (Lipinski definition) is 4. The average molecular weight is 481 g/mol. The molecule has 1 fully saturated rings. The molecule has 14 heteroatoms. The molecule has 0 bridgehead atoms. The highest BCUT2D eigenvalue weighted by atomic mass is 31.2. The van der Waals surface area contributed by atoms with Crippen LogP contribution in [0, 0.1) is 0 Å². The molecule has 1 aromatic carbocycles. The Morgan fingerprint density at radius 1 is 1.09 bits per heavy atom. The van der Waals surface area contributed by atoms with Crippen LogP contribution in [-0.4, -0.2) is 59.0 Å². The van der Waals surface area contributed by atoms with Crippen LogP contribution >= 0.6 is 7.82 Å². The van der Waals surface area contributed by atoms with Crippen molar-refractivity contribution < 1.29 is 38.2 Å². The van der Waals surface area contributed by atoms with Gasteiger partial charge in [0.1, 0.15) is 24.9 Å². The van der Waals surface area contributed by atoms with E-state index >= 15 is 0 Å². The summed E-state index contributed by atoms with van der Waals surface area (Å²) in [4.78, 5) is 47.0. The molecular weight excluding hydrogens is 461 g/mol. The molecule has 0 saturated carbocycles. The van der Waals surface area contributed by atoms with Gasteiger partial charge in [-0.15, -0.1) is 0 Å². The number of nitrogens with zero attached hydrogens (tertiary/aromatic N) is 3. The van der Waals surface area contributed by atoms with E-state index < -0.39 is 50.2 Å². The smallest absolute Gasteiger partial charge is 0.439 e. The average Bonchev–Trinajstić information content (AvgIpc) is 3.35. The fourth-order valence-corrected chi connectivity index (χ4v) is 3.73. The number of aliphatic hydroxyl groups is 2. The second-order valence-electron chi connectivity index (χ2n) is 7.25. The summed E-state index contributed by atoms with van der Waals surface area (Å²) >= 11 is 0. The number of rotatable bonds is 7. The van der Waals surface area contributed by atoms with E-state index in [1.165, 1.54) is 6.20 Å². The first-order chi connectivity index (χ1) is 15.6. The topological polar surface area (TPSA) is 186 Å². The monoisotopic (exact) mass is 481 g/mol. The molecule has 4 N–H and O–H groups in total. The van der Waals surface area contributed by atoms with Gasteiger partial charge in [-0.3, -0.25) is 18.5 Å². The number of aliphatic hydroxyl groups excluding tert-OH is 2. The maximum Gasteiger partial charge on any atom is 0.469 e. The third kappa shape index (κ3) is 5.04. The molecule has 0 spiro atoms. The molecule has 1 saturated heterocycles. The van der Waals surface area contributed by atoms with Crippen molar-refractivity contribution in [2.45, 2.75) is 31.1 Å². The Morgan fingerprint density at radius 3 is 2.52 bits per heavy atom. The van der Waals surface area contributed by atoms with Crippen LogP contribution in [0.25, 0.3) is 11.3 Å². The van der Waals surface area contributed by atoms with E-state index in [1.807, 2.05) is 30.3 Å². The van der Waals surface area contributed by atoms with Crippen molar-refractivity contribution in [2.24, 2.45) is 0 Å². The van der Waals surface area contributed by atoms with Gasteiger partial charge in [0.2, 0.25) is 5.89 Å². The zero-order valence-electron chi connectivity index (χ0n) is 16.9. The Morgan fingerprint density at radius 2 is 1.82 bits per heavy atom. The molecule has 4 atom stereocenters. The minimum atomic E-state index is -4.84. The van der Waals surface area contributed by atoms with Crippen molar-refractivity contribution in [1.29, 1.82) is 0 Å². The third-order valence-corrected chi connectivity index (χ3v) is 5.50. The number of benzene rings is 1. The van der Waals surface area contributed by atoms with Crippen LogP contribution in [0.1, 0.15) is 12.1 Å². The van der Waals surface area contributed by atoms with Crippen molar-refractivity contribution in [3.63, 3.8) is 0 Å². The molecule has 0 radical (unpaired) electrons. The van der Waals surface area contributed by atoms with Crippen molar-refractivity contribution in [3.8, 4) is 11.3 Å². The highest BCUT2D eigenvalue weighted by Crippen LogP contribution is 2.38. The highest BCUT2D eigenvalue weighted by Gasteiger charge is 2.45. The molecule has 3 aromatic rings. The third-order valence-electron chi connectivity index (χ3n) is 5.02. The van der Waals surface area contributed by atoms with E-state index in [2.05, 4.69) is 9.51 Å². The second kappa shape index (κ2) is 9.15. The summed E-state index contributed by atoms with van der Waals surface area (Å²) < 4.78 is 27.9. The maximum absolute atomic E-state index is 13.0. The van der Waals surface area contributed by atoms with Crippen LogP contribution in [0.4, 0.5) is 0 Å². The first-order valence-corrected chi connectivity index (χ1v) is 11.2. The Bertz CT molecular complexity index is 1280. The standard InChI is InChI=1S/C19H20N3O10P/c23-15-6-7-21(18-17(25)16(24)13(32-18)10-30-33(27,28)29)19(26)22(15)9-14-20-8-12(31-14)11-4-2-1-3-5-11/h1-8,13,16-18,24-25H,9-10H2,(H2,27,28,29)/t13-,16+,17?,18-/m1/s1. The van der Waals surface area contributed by atoms with Crippen LogP contribution in [0.2, 0.25) is 0 Å². The van der Waals surface area contributed by atoms with Gasteiger partial charge in [0.25, 0.3) is 5.56 Å². The molecule has 1 aliphatic heterocycles. The Labute approximate surface area is 185 Å². The first-order valence-electron chi connectivity index (χ1n) is 9.68. The van der Waals surface area contributed by atoms with Gasteiger partial charge in [-0.1, -0.05) is 30.3 Å². The predicted molar refractivity (Wildman–Crippen MR) is 110 cm³/mol. The van der Waals surface area contributed by atoms with E-state index in [4.69, 9.17) is 18.9 Å². The minimum absolute atomic E-state index is 0.0895. The number of phosphoric ester groups is 1. The Hall–Kier alpha value is -2.90. The van der Waals surface area contributed by atoms with Gasteiger partial charge in [0.15, 0.2) is 12.0 Å². The van der Waals surface area contributed by atoms with E-state index in [0.717, 1.165) is 27.0 Å².